The molecule has 4 aromatic rings. The van der Waals surface area contributed by atoms with Gasteiger partial charge in [0.05, 0.1) is 5.01 Å². The summed E-state index contributed by atoms with van der Waals surface area (Å²) in [6.07, 6.45) is 5.44. The molecule has 0 saturated carbocycles. The molecule has 0 spiro atoms. The zero-order chi connectivity index (χ0) is 15.6. The number of hydrogen-bond acceptors (Lipinski definition) is 6. The maximum absolute atomic E-state index is 5.91. The first-order valence-electron chi connectivity index (χ1n) is 7.65. The third-order valence-electron chi connectivity index (χ3n) is 3.74. The Labute approximate surface area is 137 Å². The van der Waals surface area contributed by atoms with Gasteiger partial charge in [-0.1, -0.05) is 19.1 Å². The summed E-state index contributed by atoms with van der Waals surface area (Å²) in [6.45, 7) is 2.91. The van der Waals surface area contributed by atoms with Crippen molar-refractivity contribution in [2.24, 2.45) is 0 Å². The van der Waals surface area contributed by atoms with Crippen molar-refractivity contribution >= 4 is 39.2 Å². The van der Waals surface area contributed by atoms with Crippen LogP contribution in [0.1, 0.15) is 16.8 Å². The minimum absolute atomic E-state index is 0.710. The van der Waals surface area contributed by atoms with Gasteiger partial charge in [0.2, 0.25) is 0 Å². The Morgan fingerprint density at radius 1 is 1.17 bits per heavy atom. The Bertz CT molecular complexity index is 959. The van der Waals surface area contributed by atoms with Crippen LogP contribution in [-0.2, 0) is 12.8 Å². The van der Waals surface area contributed by atoms with Crippen molar-refractivity contribution in [3.63, 3.8) is 0 Å². The van der Waals surface area contributed by atoms with Crippen LogP contribution < -0.4 is 5.32 Å². The molecule has 23 heavy (non-hydrogen) atoms. The van der Waals surface area contributed by atoms with Crippen LogP contribution in [0.15, 0.2) is 41.2 Å². The van der Waals surface area contributed by atoms with E-state index in [1.807, 2.05) is 30.5 Å². The summed E-state index contributed by atoms with van der Waals surface area (Å²) >= 11 is 1.77. The average molecular weight is 324 g/mol. The number of rotatable bonds is 5. The van der Waals surface area contributed by atoms with E-state index >= 15 is 0 Å². The molecule has 6 heteroatoms. The molecule has 0 saturated heterocycles. The van der Waals surface area contributed by atoms with Crippen molar-refractivity contribution in [3.05, 3.63) is 46.7 Å². The number of thiazole rings is 1. The summed E-state index contributed by atoms with van der Waals surface area (Å²) in [4.78, 5) is 14.4. The number of para-hydroxylation sites is 1. The van der Waals surface area contributed by atoms with Gasteiger partial charge in [0.25, 0.3) is 0 Å². The first kappa shape index (κ1) is 14.1. The third kappa shape index (κ3) is 2.66. The Kier molecular flexibility index (Phi) is 3.67. The quantitative estimate of drug-likeness (QED) is 0.600. The van der Waals surface area contributed by atoms with Crippen molar-refractivity contribution < 1.29 is 4.42 Å². The van der Waals surface area contributed by atoms with Gasteiger partial charge in [-0.05, 0) is 18.6 Å². The predicted octanol–water partition coefficient (Wildman–Crippen LogP) is 4.05. The normalized spacial score (nSPS) is 11.3. The van der Waals surface area contributed by atoms with Crippen LogP contribution in [0.25, 0.3) is 22.1 Å². The second-order valence-corrected chi connectivity index (χ2v) is 6.45. The molecule has 0 bridgehead atoms. The molecule has 1 aromatic carbocycles. The van der Waals surface area contributed by atoms with Gasteiger partial charge >= 0.3 is 0 Å². The fraction of sp³-hybridized carbons (Fsp3) is 0.235. The average Bonchev–Trinajstić information content (AvgIpc) is 3.19. The van der Waals surface area contributed by atoms with Crippen molar-refractivity contribution in [2.75, 3.05) is 11.9 Å². The highest BCUT2D eigenvalue weighted by molar-refractivity contribution is 7.11. The maximum Gasteiger partial charge on any atom is 0.196 e. The van der Waals surface area contributed by atoms with E-state index in [1.54, 1.807) is 17.7 Å². The van der Waals surface area contributed by atoms with E-state index in [4.69, 9.17) is 4.42 Å². The van der Waals surface area contributed by atoms with Crippen LogP contribution in [0.5, 0.6) is 0 Å². The lowest BCUT2D eigenvalue weighted by atomic mass is 10.2. The zero-order valence-electron chi connectivity index (χ0n) is 12.7. The van der Waals surface area contributed by atoms with Crippen molar-refractivity contribution in [2.45, 2.75) is 19.8 Å². The SMILES string of the molecule is CCc1cnc(CCNc2ncnc3c2oc2ccccc23)s1. The number of aromatic nitrogens is 3. The molecule has 0 aliphatic heterocycles. The highest BCUT2D eigenvalue weighted by atomic mass is 32.1. The van der Waals surface area contributed by atoms with Gasteiger partial charge in [-0.15, -0.1) is 11.3 Å². The number of nitrogens with one attached hydrogen (secondary N) is 1. The molecular formula is C17H16N4OS. The topological polar surface area (TPSA) is 63.8 Å². The smallest absolute Gasteiger partial charge is 0.196 e. The van der Waals surface area contributed by atoms with E-state index in [9.17, 15) is 0 Å². The van der Waals surface area contributed by atoms with Crippen molar-refractivity contribution in [1.82, 2.24) is 15.0 Å². The molecule has 0 unspecified atom stereocenters. The second kappa shape index (κ2) is 5.96. The molecule has 5 nitrogen and oxygen atoms in total. The number of nitrogens with zero attached hydrogens (tertiary/aromatic N) is 3. The van der Waals surface area contributed by atoms with E-state index in [0.717, 1.165) is 46.7 Å². The van der Waals surface area contributed by atoms with Crippen molar-refractivity contribution in [3.8, 4) is 0 Å². The first-order valence-corrected chi connectivity index (χ1v) is 8.46. The first-order chi connectivity index (χ1) is 11.3. The highest BCUT2D eigenvalue weighted by Crippen LogP contribution is 2.30. The number of aryl methyl sites for hydroxylation is 1. The van der Waals surface area contributed by atoms with Crippen molar-refractivity contribution in [1.29, 1.82) is 0 Å². The van der Waals surface area contributed by atoms with Gasteiger partial charge < -0.3 is 9.73 Å². The Morgan fingerprint density at radius 2 is 2.09 bits per heavy atom. The van der Waals surface area contributed by atoms with Gasteiger partial charge in [-0.2, -0.15) is 0 Å². The lowest BCUT2D eigenvalue weighted by Gasteiger charge is -2.03. The zero-order valence-corrected chi connectivity index (χ0v) is 13.6. The van der Waals surface area contributed by atoms with Gasteiger partial charge in [-0.3, -0.25) is 0 Å². The number of anilines is 1. The van der Waals surface area contributed by atoms with Crippen LogP contribution in [-0.4, -0.2) is 21.5 Å². The fourth-order valence-electron chi connectivity index (χ4n) is 2.56. The molecule has 3 aromatic heterocycles. The van der Waals surface area contributed by atoms with E-state index in [2.05, 4.69) is 27.2 Å². The summed E-state index contributed by atoms with van der Waals surface area (Å²) < 4.78 is 5.91. The van der Waals surface area contributed by atoms with Crippen LogP contribution in [0.3, 0.4) is 0 Å². The summed E-state index contributed by atoms with van der Waals surface area (Å²) in [5.74, 6) is 0.735. The number of fused-ring (bicyclic) bond motifs is 3. The Morgan fingerprint density at radius 3 is 2.96 bits per heavy atom. The molecule has 1 N–H and O–H groups in total. The van der Waals surface area contributed by atoms with Gasteiger partial charge in [0.1, 0.15) is 17.4 Å². The molecule has 3 heterocycles. The van der Waals surface area contributed by atoms with E-state index in [1.165, 1.54) is 4.88 Å². The molecular weight excluding hydrogens is 308 g/mol. The summed E-state index contributed by atoms with van der Waals surface area (Å²) in [7, 11) is 0. The fourth-order valence-corrected chi connectivity index (χ4v) is 3.43. The molecule has 116 valence electrons. The van der Waals surface area contributed by atoms with Crippen LogP contribution in [0.2, 0.25) is 0 Å². The summed E-state index contributed by atoms with van der Waals surface area (Å²) in [5.41, 5.74) is 2.39. The largest absolute Gasteiger partial charge is 0.450 e. The minimum Gasteiger partial charge on any atom is -0.450 e. The molecule has 0 radical (unpaired) electrons. The molecule has 0 atom stereocenters. The van der Waals surface area contributed by atoms with Gasteiger partial charge in [0, 0.05) is 29.4 Å². The monoisotopic (exact) mass is 324 g/mol. The van der Waals surface area contributed by atoms with E-state index in [0.29, 0.717) is 5.58 Å². The third-order valence-corrected chi connectivity index (χ3v) is 4.94. The predicted molar refractivity (Wildman–Crippen MR) is 93.0 cm³/mol. The Hall–Kier alpha value is -2.47. The van der Waals surface area contributed by atoms with Crippen LogP contribution in [0, 0.1) is 0 Å². The lowest BCUT2D eigenvalue weighted by Crippen LogP contribution is -2.06. The number of hydrogen-bond donors (Lipinski definition) is 1. The van der Waals surface area contributed by atoms with Gasteiger partial charge in [0.15, 0.2) is 11.4 Å². The standard InChI is InChI=1S/C17H16N4OS/c1-2-11-9-19-14(23-11)7-8-18-17-16-15(20-10-21-17)12-5-3-4-6-13(12)22-16/h3-6,9-10H,2,7-8H2,1H3,(H,18,20,21). The molecule has 0 aliphatic carbocycles. The molecule has 0 fully saturated rings. The number of furan rings is 1. The maximum atomic E-state index is 5.91. The van der Waals surface area contributed by atoms with E-state index in [-0.39, 0.29) is 0 Å². The van der Waals surface area contributed by atoms with Crippen LogP contribution >= 0.6 is 11.3 Å². The summed E-state index contributed by atoms with van der Waals surface area (Å²) in [5, 5.41) is 5.50. The van der Waals surface area contributed by atoms with Gasteiger partial charge in [-0.25, -0.2) is 15.0 Å². The summed E-state index contributed by atoms with van der Waals surface area (Å²) in [6, 6.07) is 7.90. The second-order valence-electron chi connectivity index (χ2n) is 5.25. The number of benzene rings is 1. The molecule has 0 amide bonds. The highest BCUT2D eigenvalue weighted by Gasteiger charge is 2.12. The van der Waals surface area contributed by atoms with E-state index < -0.39 is 0 Å². The molecule has 0 aliphatic rings. The Balaban J connectivity index is 1.56. The molecule has 4 rings (SSSR count). The lowest BCUT2D eigenvalue weighted by molar-refractivity contribution is 0.666. The minimum atomic E-state index is 0.710. The van der Waals surface area contributed by atoms with Crippen LogP contribution in [0.4, 0.5) is 5.82 Å².